The lowest BCUT2D eigenvalue weighted by Crippen LogP contribution is -2.19. The van der Waals surface area contributed by atoms with Gasteiger partial charge in [-0.1, -0.05) is 24.3 Å². The molecule has 0 bridgehead atoms. The van der Waals surface area contributed by atoms with Gasteiger partial charge in [0.1, 0.15) is 11.5 Å². The summed E-state index contributed by atoms with van der Waals surface area (Å²) in [4.78, 5) is 48.8. The Bertz CT molecular complexity index is 1610. The monoisotopic (exact) mass is 746 g/mol. The van der Waals surface area contributed by atoms with E-state index in [9.17, 15) is 19.2 Å². The molecule has 0 heterocycles. The fourth-order valence-corrected chi connectivity index (χ4v) is 4.76. The number of nitrogens with zero attached hydrogens (tertiary/aromatic N) is 2. The van der Waals surface area contributed by atoms with Gasteiger partial charge in [0.2, 0.25) is 11.8 Å². The Morgan fingerprint density at radius 3 is 1.30 bits per heavy atom. The van der Waals surface area contributed by atoms with Crippen LogP contribution >= 0.6 is 31.9 Å². The lowest BCUT2D eigenvalue weighted by Gasteiger charge is -2.06. The van der Waals surface area contributed by atoms with Gasteiger partial charge in [-0.05, 0) is 129 Å². The van der Waals surface area contributed by atoms with Crippen molar-refractivity contribution in [1.29, 1.82) is 0 Å². The Hall–Kier alpha value is -4.94. The predicted octanol–water partition coefficient (Wildman–Crippen LogP) is 6.81. The van der Waals surface area contributed by atoms with Gasteiger partial charge in [0.05, 0.1) is 23.6 Å². The van der Waals surface area contributed by atoms with Crippen molar-refractivity contribution in [2.75, 3.05) is 0 Å². The van der Waals surface area contributed by atoms with Crippen molar-refractivity contribution >= 4 is 68.0 Å². The average molecular weight is 748 g/mol. The van der Waals surface area contributed by atoms with E-state index in [1.54, 1.807) is 84.9 Å². The molecular formula is C34H28Br2N4O6. The molecular weight excluding hydrogens is 720 g/mol. The van der Waals surface area contributed by atoms with Gasteiger partial charge in [0.25, 0.3) is 0 Å². The number of benzene rings is 4. The molecule has 234 valence electrons. The molecule has 0 saturated carbocycles. The molecule has 0 aromatic heterocycles. The highest BCUT2D eigenvalue weighted by molar-refractivity contribution is 9.10. The minimum Gasteiger partial charge on any atom is -0.423 e. The standard InChI is InChI=1S/C34H28Br2N4O6/c35-29-9-3-1-7-27(29)33(43)45-25-17-13-23(14-18-25)21-37-39-31(41)11-5-6-12-32(42)40-38-22-24-15-19-26(20-16-24)46-34(44)28-8-2-4-10-30(28)36/h1-4,7-10,13-22H,5-6,11-12H2,(H,39,41)(H,40,42). The molecule has 46 heavy (non-hydrogen) atoms. The fourth-order valence-electron chi connectivity index (χ4n) is 3.86. The maximum atomic E-state index is 12.3. The first-order valence-electron chi connectivity index (χ1n) is 14.1. The lowest BCUT2D eigenvalue weighted by atomic mass is 10.2. The van der Waals surface area contributed by atoms with Crippen LogP contribution in [0.4, 0.5) is 0 Å². The van der Waals surface area contributed by atoms with Gasteiger partial charge >= 0.3 is 11.9 Å². The van der Waals surface area contributed by atoms with Crippen LogP contribution in [0.1, 0.15) is 57.5 Å². The van der Waals surface area contributed by atoms with E-state index in [2.05, 4.69) is 52.9 Å². The van der Waals surface area contributed by atoms with E-state index in [1.807, 2.05) is 12.1 Å². The number of halogens is 2. The first kappa shape index (κ1) is 33.9. The van der Waals surface area contributed by atoms with Crippen molar-refractivity contribution < 1.29 is 28.7 Å². The molecule has 0 fully saturated rings. The number of ether oxygens (including phenoxy) is 2. The van der Waals surface area contributed by atoms with Gasteiger partial charge in [0, 0.05) is 21.8 Å². The molecule has 12 heteroatoms. The first-order chi connectivity index (χ1) is 22.3. The number of rotatable bonds is 13. The zero-order valence-electron chi connectivity index (χ0n) is 24.3. The molecule has 0 aliphatic carbocycles. The molecule has 0 aliphatic rings. The van der Waals surface area contributed by atoms with Crippen LogP contribution in [0.3, 0.4) is 0 Å². The van der Waals surface area contributed by atoms with Crippen LogP contribution in [0.25, 0.3) is 0 Å². The second-order valence-electron chi connectivity index (χ2n) is 9.67. The highest BCUT2D eigenvalue weighted by atomic mass is 79.9. The summed E-state index contributed by atoms with van der Waals surface area (Å²) in [5.41, 5.74) is 7.16. The van der Waals surface area contributed by atoms with Crippen LogP contribution in [0.5, 0.6) is 11.5 Å². The van der Waals surface area contributed by atoms with Gasteiger partial charge in [-0.15, -0.1) is 0 Å². The van der Waals surface area contributed by atoms with Gasteiger partial charge in [-0.25, -0.2) is 20.4 Å². The molecule has 0 radical (unpaired) electrons. The number of carbonyl (C=O) groups is 4. The van der Waals surface area contributed by atoms with E-state index < -0.39 is 11.9 Å². The van der Waals surface area contributed by atoms with Crippen molar-refractivity contribution in [3.8, 4) is 11.5 Å². The number of hydrazone groups is 2. The molecule has 4 rings (SSSR count). The number of hydrogen-bond acceptors (Lipinski definition) is 8. The predicted molar refractivity (Wildman–Crippen MR) is 181 cm³/mol. The van der Waals surface area contributed by atoms with Crippen LogP contribution < -0.4 is 20.3 Å². The van der Waals surface area contributed by atoms with Crippen LogP contribution in [-0.4, -0.2) is 36.2 Å². The van der Waals surface area contributed by atoms with Crippen molar-refractivity contribution in [3.63, 3.8) is 0 Å². The first-order valence-corrected chi connectivity index (χ1v) is 15.6. The van der Waals surface area contributed by atoms with E-state index in [1.165, 1.54) is 12.4 Å². The van der Waals surface area contributed by atoms with Crippen LogP contribution in [0.2, 0.25) is 0 Å². The summed E-state index contributed by atoms with van der Waals surface area (Å²) in [6.45, 7) is 0. The Kier molecular flexibility index (Phi) is 12.9. The van der Waals surface area contributed by atoms with Gasteiger partial charge in [0.15, 0.2) is 0 Å². The summed E-state index contributed by atoms with van der Waals surface area (Å²) in [6.07, 6.45) is 4.36. The molecule has 4 aromatic carbocycles. The normalized spacial score (nSPS) is 10.9. The molecule has 0 saturated heterocycles. The number of esters is 2. The lowest BCUT2D eigenvalue weighted by molar-refractivity contribution is -0.123. The molecule has 2 amide bonds. The Balaban J connectivity index is 1.09. The zero-order valence-corrected chi connectivity index (χ0v) is 27.5. The second kappa shape index (κ2) is 17.5. The molecule has 0 aliphatic heterocycles. The smallest absolute Gasteiger partial charge is 0.344 e. The number of hydrogen-bond donors (Lipinski definition) is 2. The van der Waals surface area contributed by atoms with Crippen LogP contribution in [0, 0.1) is 0 Å². The van der Waals surface area contributed by atoms with Crippen molar-refractivity contribution in [2.45, 2.75) is 25.7 Å². The maximum absolute atomic E-state index is 12.3. The minimum absolute atomic E-state index is 0.204. The fraction of sp³-hybridized carbons (Fsp3) is 0.118. The van der Waals surface area contributed by atoms with Gasteiger partial charge in [-0.2, -0.15) is 10.2 Å². The molecule has 2 N–H and O–H groups in total. The Morgan fingerprint density at radius 2 is 0.935 bits per heavy atom. The third-order valence-corrected chi connectivity index (χ3v) is 7.62. The Morgan fingerprint density at radius 1 is 0.565 bits per heavy atom. The van der Waals surface area contributed by atoms with Crippen LogP contribution in [-0.2, 0) is 9.59 Å². The largest absolute Gasteiger partial charge is 0.423 e. The van der Waals surface area contributed by atoms with Crippen LogP contribution in [0.15, 0.2) is 116 Å². The highest BCUT2D eigenvalue weighted by Crippen LogP contribution is 2.21. The second-order valence-corrected chi connectivity index (χ2v) is 11.4. The number of unbranched alkanes of at least 4 members (excludes halogenated alkanes) is 1. The van der Waals surface area contributed by atoms with Crippen molar-refractivity contribution in [2.24, 2.45) is 10.2 Å². The topological polar surface area (TPSA) is 136 Å². The average Bonchev–Trinajstić information content (AvgIpc) is 3.05. The molecule has 0 unspecified atom stereocenters. The van der Waals surface area contributed by atoms with E-state index in [4.69, 9.17) is 9.47 Å². The summed E-state index contributed by atoms with van der Waals surface area (Å²) in [5.74, 6) is -0.759. The van der Waals surface area contributed by atoms with E-state index >= 15 is 0 Å². The summed E-state index contributed by atoms with van der Waals surface area (Å²) in [5, 5.41) is 7.90. The number of nitrogens with one attached hydrogen (secondary N) is 2. The summed E-state index contributed by atoms with van der Waals surface area (Å²) < 4.78 is 12.1. The van der Waals surface area contributed by atoms with E-state index in [-0.39, 0.29) is 24.7 Å². The van der Waals surface area contributed by atoms with Crippen molar-refractivity contribution in [3.05, 3.63) is 128 Å². The van der Waals surface area contributed by atoms with Gasteiger partial charge in [-0.3, -0.25) is 9.59 Å². The Labute approximate surface area is 282 Å². The maximum Gasteiger partial charge on any atom is 0.344 e. The molecule has 0 spiro atoms. The third kappa shape index (κ3) is 10.9. The van der Waals surface area contributed by atoms with E-state index in [0.29, 0.717) is 55.5 Å². The molecule has 0 atom stereocenters. The number of carbonyl (C=O) groups excluding carboxylic acids is 4. The number of amides is 2. The molecule has 4 aromatic rings. The SMILES string of the molecule is O=C(CCCCC(=O)NN=Cc1ccc(OC(=O)c2ccccc2Br)cc1)NN=Cc1ccc(OC(=O)c2ccccc2Br)cc1. The summed E-state index contributed by atoms with van der Waals surface area (Å²) >= 11 is 6.66. The minimum atomic E-state index is -0.479. The van der Waals surface area contributed by atoms with E-state index in [0.717, 1.165) is 0 Å². The third-order valence-electron chi connectivity index (χ3n) is 6.23. The summed E-state index contributed by atoms with van der Waals surface area (Å²) in [6, 6.07) is 27.3. The zero-order chi connectivity index (χ0) is 32.7. The quantitative estimate of drug-likeness (QED) is 0.0507. The van der Waals surface area contributed by atoms with Crippen molar-refractivity contribution in [1.82, 2.24) is 10.9 Å². The highest BCUT2D eigenvalue weighted by Gasteiger charge is 2.13. The molecule has 10 nitrogen and oxygen atoms in total. The summed E-state index contributed by atoms with van der Waals surface area (Å²) in [7, 11) is 0. The van der Waals surface area contributed by atoms with Gasteiger partial charge < -0.3 is 9.47 Å².